The molecule has 0 nitrogen and oxygen atoms in total. The Kier molecular flexibility index (Phi) is 5.84. The zero-order valence-corrected chi connectivity index (χ0v) is 22.1. The summed E-state index contributed by atoms with van der Waals surface area (Å²) in [6.45, 7) is 0. The third-order valence-electron chi connectivity index (χ3n) is 4.17. The average molecular weight is 564 g/mol. The first kappa shape index (κ1) is 19.2. The van der Waals surface area contributed by atoms with Gasteiger partial charge in [0.1, 0.15) is 0 Å². The maximum absolute atomic E-state index is 2.35. The van der Waals surface area contributed by atoms with Crippen molar-refractivity contribution < 1.29 is 0 Å². The van der Waals surface area contributed by atoms with Crippen LogP contribution in [0, 0.1) is 0 Å². The van der Waals surface area contributed by atoms with Gasteiger partial charge >= 0.3 is 200 Å². The van der Waals surface area contributed by atoms with E-state index in [9.17, 15) is 0 Å². The van der Waals surface area contributed by atoms with E-state index in [1.807, 2.05) is 47.0 Å². The second kappa shape index (κ2) is 8.21. The van der Waals surface area contributed by atoms with Gasteiger partial charge in [-0.1, -0.05) is 0 Å². The van der Waals surface area contributed by atoms with Crippen molar-refractivity contribution in [2.24, 2.45) is 0 Å². The van der Waals surface area contributed by atoms with Gasteiger partial charge in [-0.2, -0.15) is 0 Å². The molecule has 0 spiro atoms. The van der Waals surface area contributed by atoms with Crippen LogP contribution in [0.2, 0.25) is 0 Å². The molecule has 0 unspecified atom stereocenters. The standard InChI is InChI=1S/C18H12S8Se/c1-2-4-10-9(3-1)11(13-23-15-16(24-13)20-6-5-19-15)27-12(10)14-25-17-18(26-14)22-8-7-21-17/h1-4H,5-8H2. The first-order chi connectivity index (χ1) is 13.4. The van der Waals surface area contributed by atoms with E-state index in [0.717, 1.165) is 0 Å². The molecule has 0 saturated heterocycles. The topological polar surface area (TPSA) is 0 Å². The molecule has 27 heavy (non-hydrogen) atoms. The van der Waals surface area contributed by atoms with Gasteiger partial charge in [0.2, 0.25) is 0 Å². The zero-order chi connectivity index (χ0) is 17.8. The van der Waals surface area contributed by atoms with Crippen LogP contribution in [0.25, 0.3) is 19.2 Å². The molecule has 0 aliphatic carbocycles. The van der Waals surface area contributed by atoms with Crippen LogP contribution < -0.4 is 8.19 Å². The van der Waals surface area contributed by atoms with Gasteiger partial charge < -0.3 is 0 Å². The Morgan fingerprint density at radius 3 is 1.26 bits per heavy atom. The molecule has 4 aliphatic heterocycles. The first-order valence-electron chi connectivity index (χ1n) is 8.34. The Labute approximate surface area is 198 Å². The number of hydrogen-bond acceptors (Lipinski definition) is 8. The SMILES string of the molecule is c1ccc2c(=C3SC4=C(SCCS4)S3)[se]c(=C3SC4=C(SCCS4)S3)c2c1. The summed E-state index contributed by atoms with van der Waals surface area (Å²) < 4.78 is 12.6. The normalized spacial score (nSPS) is 22.8. The first-order valence-corrected chi connectivity index (χ1v) is 17.3. The van der Waals surface area contributed by atoms with Crippen LogP contribution in [0.3, 0.4) is 0 Å². The van der Waals surface area contributed by atoms with Gasteiger partial charge in [0, 0.05) is 0 Å². The van der Waals surface area contributed by atoms with Crippen LogP contribution in [0.15, 0.2) is 41.2 Å². The molecule has 0 atom stereocenters. The van der Waals surface area contributed by atoms with Crippen molar-refractivity contribution in [3.8, 4) is 0 Å². The van der Waals surface area contributed by atoms with Crippen molar-refractivity contribution in [3.05, 3.63) is 49.4 Å². The molecule has 6 rings (SSSR count). The van der Waals surface area contributed by atoms with Crippen molar-refractivity contribution >= 4 is 128 Å². The summed E-state index contributed by atoms with van der Waals surface area (Å²) >= 11 is 16.8. The van der Waals surface area contributed by atoms with E-state index in [1.54, 1.807) is 33.6 Å². The second-order valence-corrected chi connectivity index (χ2v) is 18.0. The second-order valence-electron chi connectivity index (χ2n) is 5.83. The summed E-state index contributed by atoms with van der Waals surface area (Å²) in [5.74, 6) is 5.04. The Hall–Kier alpha value is 1.50. The molecule has 138 valence electrons. The number of hydrogen-bond donors (Lipinski definition) is 0. The van der Waals surface area contributed by atoms with Gasteiger partial charge in [0.25, 0.3) is 0 Å². The monoisotopic (exact) mass is 564 g/mol. The molecule has 9 heteroatoms. The van der Waals surface area contributed by atoms with Crippen LogP contribution in [0.5, 0.6) is 0 Å². The van der Waals surface area contributed by atoms with Crippen molar-refractivity contribution in [2.75, 3.05) is 23.0 Å². The molecular formula is C18H12S8Se. The average Bonchev–Trinajstić information content (AvgIpc) is 3.41. The minimum absolute atomic E-state index is 0.405. The Morgan fingerprint density at radius 2 is 0.889 bits per heavy atom. The van der Waals surface area contributed by atoms with Gasteiger partial charge in [-0.3, -0.25) is 0 Å². The van der Waals surface area contributed by atoms with Crippen LogP contribution in [0.4, 0.5) is 0 Å². The van der Waals surface area contributed by atoms with Crippen LogP contribution >= 0.6 is 94.1 Å². The molecule has 2 aromatic rings. The molecule has 0 amide bonds. The van der Waals surface area contributed by atoms with E-state index < -0.39 is 0 Å². The van der Waals surface area contributed by atoms with Crippen molar-refractivity contribution in [3.63, 3.8) is 0 Å². The van der Waals surface area contributed by atoms with Gasteiger partial charge in [0.15, 0.2) is 0 Å². The molecule has 0 radical (unpaired) electrons. The van der Waals surface area contributed by atoms with Crippen LogP contribution in [-0.2, 0) is 0 Å². The van der Waals surface area contributed by atoms with E-state index in [0.29, 0.717) is 14.5 Å². The number of thioether (sulfide) groups is 8. The zero-order valence-electron chi connectivity index (χ0n) is 13.8. The predicted molar refractivity (Wildman–Crippen MR) is 141 cm³/mol. The number of rotatable bonds is 0. The van der Waals surface area contributed by atoms with Gasteiger partial charge in [0.05, 0.1) is 0 Å². The fourth-order valence-corrected chi connectivity index (χ4v) is 18.6. The summed E-state index contributed by atoms with van der Waals surface area (Å²) in [5, 5.41) is 2.99. The Bertz CT molecular complexity index is 1010. The van der Waals surface area contributed by atoms with E-state index in [1.165, 1.54) is 33.8 Å². The van der Waals surface area contributed by atoms with Crippen LogP contribution in [0.1, 0.15) is 0 Å². The van der Waals surface area contributed by atoms with E-state index >= 15 is 0 Å². The summed E-state index contributed by atoms with van der Waals surface area (Å²) in [7, 11) is 0. The van der Waals surface area contributed by atoms with Gasteiger partial charge in [-0.05, 0) is 0 Å². The molecular weight excluding hydrogens is 552 g/mol. The van der Waals surface area contributed by atoms with Crippen LogP contribution in [-0.4, -0.2) is 37.5 Å². The molecule has 0 N–H and O–H groups in total. The Morgan fingerprint density at radius 1 is 0.519 bits per heavy atom. The molecule has 0 fully saturated rings. The summed E-state index contributed by atoms with van der Waals surface area (Å²) in [6, 6.07) is 9.14. The van der Waals surface area contributed by atoms with Gasteiger partial charge in [-0.15, -0.1) is 0 Å². The predicted octanol–water partition coefficient (Wildman–Crippen LogP) is 6.20. The van der Waals surface area contributed by atoms with Crippen molar-refractivity contribution in [1.82, 2.24) is 0 Å². The quantitative estimate of drug-likeness (QED) is 0.343. The maximum atomic E-state index is 2.35. The van der Waals surface area contributed by atoms with Gasteiger partial charge in [-0.25, -0.2) is 0 Å². The summed E-state index contributed by atoms with van der Waals surface area (Å²) in [5.41, 5.74) is 0. The molecule has 0 bridgehead atoms. The molecule has 1 aromatic heterocycles. The molecule has 5 heterocycles. The third-order valence-corrected chi connectivity index (χ3v) is 19.5. The minimum atomic E-state index is 0.405. The van der Waals surface area contributed by atoms with E-state index in [-0.39, 0.29) is 0 Å². The fourth-order valence-electron chi connectivity index (χ4n) is 3.02. The van der Waals surface area contributed by atoms with Crippen molar-refractivity contribution in [1.29, 1.82) is 0 Å². The molecule has 4 aliphatic rings. The molecule has 0 saturated carbocycles. The molecule has 1 aromatic carbocycles. The number of benzene rings is 1. The number of fused-ring (bicyclic) bond motifs is 1. The summed E-state index contributed by atoms with van der Waals surface area (Å²) in [4.78, 5) is 0. The third kappa shape index (κ3) is 3.60. The van der Waals surface area contributed by atoms with Crippen molar-refractivity contribution in [2.45, 2.75) is 0 Å². The van der Waals surface area contributed by atoms with E-state index in [2.05, 4.69) is 71.3 Å². The summed E-state index contributed by atoms with van der Waals surface area (Å²) in [6.07, 6.45) is 0. The van der Waals surface area contributed by atoms with E-state index in [4.69, 9.17) is 0 Å². The fraction of sp³-hybridized carbons (Fsp3) is 0.222. The Balaban J connectivity index is 1.52.